The van der Waals surface area contributed by atoms with E-state index in [-0.39, 0.29) is 0 Å². The Balaban J connectivity index is 2.04. The van der Waals surface area contributed by atoms with E-state index in [1.54, 1.807) is 0 Å². The summed E-state index contributed by atoms with van der Waals surface area (Å²) in [6, 6.07) is 4.12. The summed E-state index contributed by atoms with van der Waals surface area (Å²) in [4.78, 5) is 4.37. The molecule has 0 saturated heterocycles. The number of aromatic nitrogens is 3. The van der Waals surface area contributed by atoms with Gasteiger partial charge in [-0.15, -0.1) is 0 Å². The van der Waals surface area contributed by atoms with Gasteiger partial charge in [0.1, 0.15) is 0 Å². The van der Waals surface area contributed by atoms with E-state index in [2.05, 4.69) is 28.4 Å². The van der Waals surface area contributed by atoms with Crippen LogP contribution in [0.1, 0.15) is 23.9 Å². The minimum Gasteiger partial charge on any atom is -0.377 e. The van der Waals surface area contributed by atoms with Gasteiger partial charge in [0, 0.05) is 19.4 Å². The first-order valence-electron chi connectivity index (χ1n) is 5.87. The average molecular weight is 230 g/mol. The van der Waals surface area contributed by atoms with Crippen LogP contribution < -0.4 is 5.32 Å². The van der Waals surface area contributed by atoms with Gasteiger partial charge in [-0.3, -0.25) is 9.67 Å². The van der Waals surface area contributed by atoms with Gasteiger partial charge in [0.15, 0.2) is 0 Å². The van der Waals surface area contributed by atoms with E-state index in [1.165, 1.54) is 5.56 Å². The van der Waals surface area contributed by atoms with Gasteiger partial charge in [-0.25, -0.2) is 0 Å². The zero-order chi connectivity index (χ0) is 12.3. The van der Waals surface area contributed by atoms with E-state index in [0.29, 0.717) is 0 Å². The number of anilines is 1. The van der Waals surface area contributed by atoms with E-state index >= 15 is 0 Å². The molecule has 0 amide bonds. The summed E-state index contributed by atoms with van der Waals surface area (Å²) in [7, 11) is 1.94. The van der Waals surface area contributed by atoms with Crippen molar-refractivity contribution >= 4 is 5.69 Å². The van der Waals surface area contributed by atoms with E-state index in [4.69, 9.17) is 0 Å². The number of rotatable bonds is 4. The van der Waals surface area contributed by atoms with E-state index in [1.807, 2.05) is 37.1 Å². The minimum atomic E-state index is 0.735. The molecule has 0 bridgehead atoms. The third kappa shape index (κ3) is 2.84. The van der Waals surface area contributed by atoms with Gasteiger partial charge >= 0.3 is 0 Å². The monoisotopic (exact) mass is 230 g/mol. The molecule has 17 heavy (non-hydrogen) atoms. The highest BCUT2D eigenvalue weighted by molar-refractivity contribution is 5.46. The third-order valence-corrected chi connectivity index (χ3v) is 2.67. The number of hydrogen-bond donors (Lipinski definition) is 1. The van der Waals surface area contributed by atoms with Crippen LogP contribution in [0.25, 0.3) is 0 Å². The zero-order valence-corrected chi connectivity index (χ0v) is 10.6. The molecule has 1 N–H and O–H groups in total. The Bertz CT molecular complexity index is 485. The summed E-state index contributed by atoms with van der Waals surface area (Å²) in [5.74, 6) is 0. The first-order chi connectivity index (χ1) is 8.19. The Morgan fingerprint density at radius 1 is 1.35 bits per heavy atom. The van der Waals surface area contributed by atoms with E-state index in [0.717, 1.165) is 30.0 Å². The van der Waals surface area contributed by atoms with Crippen molar-refractivity contribution in [2.24, 2.45) is 7.05 Å². The lowest BCUT2D eigenvalue weighted by Crippen LogP contribution is -2.02. The quantitative estimate of drug-likeness (QED) is 0.876. The highest BCUT2D eigenvalue weighted by atomic mass is 15.3. The van der Waals surface area contributed by atoms with Crippen LogP contribution in [0.5, 0.6) is 0 Å². The fourth-order valence-electron chi connectivity index (χ4n) is 1.73. The molecule has 0 aromatic carbocycles. The highest BCUT2D eigenvalue weighted by Gasteiger charge is 2.05. The average Bonchev–Trinajstić information content (AvgIpc) is 2.69. The summed E-state index contributed by atoms with van der Waals surface area (Å²) in [5.41, 5.74) is 4.42. The zero-order valence-electron chi connectivity index (χ0n) is 10.6. The topological polar surface area (TPSA) is 42.7 Å². The van der Waals surface area contributed by atoms with Crippen LogP contribution in [0.3, 0.4) is 0 Å². The molecule has 0 saturated carbocycles. The van der Waals surface area contributed by atoms with Crippen molar-refractivity contribution in [2.45, 2.75) is 26.8 Å². The molecule has 2 aromatic heterocycles. The van der Waals surface area contributed by atoms with Crippen molar-refractivity contribution in [3.8, 4) is 0 Å². The number of pyridine rings is 1. The van der Waals surface area contributed by atoms with Gasteiger partial charge in [0.25, 0.3) is 0 Å². The molecular weight excluding hydrogens is 212 g/mol. The first-order valence-corrected chi connectivity index (χ1v) is 5.87. The second kappa shape index (κ2) is 4.99. The van der Waals surface area contributed by atoms with Crippen molar-refractivity contribution in [3.05, 3.63) is 41.5 Å². The number of hydrogen-bond acceptors (Lipinski definition) is 3. The SMILES string of the molecule is CCc1nn(C)cc1NCc1ccc(C)cn1. The smallest absolute Gasteiger partial charge is 0.0853 e. The van der Waals surface area contributed by atoms with Crippen LogP contribution >= 0.6 is 0 Å². The molecule has 0 aliphatic rings. The van der Waals surface area contributed by atoms with Gasteiger partial charge in [-0.1, -0.05) is 13.0 Å². The Hall–Kier alpha value is -1.84. The molecule has 2 rings (SSSR count). The summed E-state index contributed by atoms with van der Waals surface area (Å²) < 4.78 is 1.84. The summed E-state index contributed by atoms with van der Waals surface area (Å²) in [6.07, 6.45) is 4.83. The second-order valence-corrected chi connectivity index (χ2v) is 4.20. The molecule has 90 valence electrons. The van der Waals surface area contributed by atoms with Crippen LogP contribution in [0.4, 0.5) is 5.69 Å². The maximum absolute atomic E-state index is 4.39. The fourth-order valence-corrected chi connectivity index (χ4v) is 1.73. The van der Waals surface area contributed by atoms with Gasteiger partial charge in [0.05, 0.1) is 23.6 Å². The molecule has 0 atom stereocenters. The second-order valence-electron chi connectivity index (χ2n) is 4.20. The molecule has 2 aromatic rings. The Kier molecular flexibility index (Phi) is 3.42. The summed E-state index contributed by atoms with van der Waals surface area (Å²) in [6.45, 7) is 4.89. The van der Waals surface area contributed by atoms with Gasteiger partial charge in [-0.2, -0.15) is 5.10 Å². The van der Waals surface area contributed by atoms with Crippen molar-refractivity contribution in [1.29, 1.82) is 0 Å². The lowest BCUT2D eigenvalue weighted by atomic mass is 10.2. The van der Waals surface area contributed by atoms with Crippen LogP contribution in [-0.4, -0.2) is 14.8 Å². The Morgan fingerprint density at radius 2 is 2.18 bits per heavy atom. The number of nitrogens with one attached hydrogen (secondary N) is 1. The maximum atomic E-state index is 4.39. The van der Waals surface area contributed by atoms with E-state index < -0.39 is 0 Å². The van der Waals surface area contributed by atoms with Gasteiger partial charge in [-0.05, 0) is 25.0 Å². The molecule has 0 radical (unpaired) electrons. The summed E-state index contributed by atoms with van der Waals surface area (Å²) >= 11 is 0. The number of aryl methyl sites for hydroxylation is 3. The molecule has 4 nitrogen and oxygen atoms in total. The molecule has 0 aliphatic carbocycles. The van der Waals surface area contributed by atoms with Crippen LogP contribution in [0, 0.1) is 6.92 Å². The maximum Gasteiger partial charge on any atom is 0.0853 e. The normalized spacial score (nSPS) is 10.5. The largest absolute Gasteiger partial charge is 0.377 e. The van der Waals surface area contributed by atoms with Crippen LogP contribution in [0.15, 0.2) is 24.5 Å². The van der Waals surface area contributed by atoms with E-state index in [9.17, 15) is 0 Å². The molecule has 0 spiro atoms. The van der Waals surface area contributed by atoms with Crippen molar-refractivity contribution < 1.29 is 0 Å². The lowest BCUT2D eigenvalue weighted by Gasteiger charge is -2.05. The predicted octanol–water partition coefficient (Wildman–Crippen LogP) is 2.30. The Morgan fingerprint density at radius 3 is 2.82 bits per heavy atom. The van der Waals surface area contributed by atoms with Gasteiger partial charge < -0.3 is 5.32 Å². The standard InChI is InChI=1S/C13H18N4/c1-4-12-13(9-17(3)16-12)15-8-11-6-5-10(2)7-14-11/h5-7,9,15H,4,8H2,1-3H3. The molecule has 0 fully saturated rings. The summed E-state index contributed by atoms with van der Waals surface area (Å²) in [5, 5.41) is 7.76. The molecular formula is C13H18N4. The highest BCUT2D eigenvalue weighted by Crippen LogP contribution is 2.14. The van der Waals surface area contributed by atoms with Crippen molar-refractivity contribution in [2.75, 3.05) is 5.32 Å². The third-order valence-electron chi connectivity index (χ3n) is 2.67. The Labute approximate surface area is 102 Å². The van der Waals surface area contributed by atoms with Crippen molar-refractivity contribution in [3.63, 3.8) is 0 Å². The van der Waals surface area contributed by atoms with Crippen LogP contribution in [0.2, 0.25) is 0 Å². The predicted molar refractivity (Wildman–Crippen MR) is 68.9 cm³/mol. The molecule has 0 unspecified atom stereocenters. The molecule has 0 aliphatic heterocycles. The first kappa shape index (κ1) is 11.6. The molecule has 2 heterocycles. The minimum absolute atomic E-state index is 0.735. The molecule has 4 heteroatoms. The van der Waals surface area contributed by atoms with Gasteiger partial charge in [0.2, 0.25) is 0 Å². The van der Waals surface area contributed by atoms with Crippen LogP contribution in [-0.2, 0) is 20.0 Å². The fraction of sp³-hybridized carbons (Fsp3) is 0.385. The number of nitrogens with zero attached hydrogens (tertiary/aromatic N) is 3. The van der Waals surface area contributed by atoms with Crippen molar-refractivity contribution in [1.82, 2.24) is 14.8 Å². The lowest BCUT2D eigenvalue weighted by molar-refractivity contribution is 0.746.